The zero-order chi connectivity index (χ0) is 15.8. The maximum Gasteiger partial charge on any atom is 0.122 e. The van der Waals surface area contributed by atoms with E-state index in [4.69, 9.17) is 11.6 Å². The number of rotatable bonds is 2. The summed E-state index contributed by atoms with van der Waals surface area (Å²) < 4.78 is 0. The molecule has 0 amide bonds. The van der Waals surface area contributed by atoms with Crippen LogP contribution in [0, 0.1) is 0 Å². The molecule has 2 nitrogen and oxygen atoms in total. The minimum atomic E-state index is -0.790. The van der Waals surface area contributed by atoms with Crippen LogP contribution < -0.4 is 0 Å². The standard InChI is InChI=1S/C20H14ClNO/c21-14-8-9-16-15-6-2-1-5-13(15)11-18(17(16)12-14)20(23)19-7-3-4-10-22-19/h1-12,20,23H. The molecule has 0 spiro atoms. The molecule has 112 valence electrons. The second-order valence-electron chi connectivity index (χ2n) is 5.53. The van der Waals surface area contributed by atoms with E-state index in [1.807, 2.05) is 54.6 Å². The zero-order valence-corrected chi connectivity index (χ0v) is 13.0. The number of fused-ring (bicyclic) bond motifs is 3. The van der Waals surface area contributed by atoms with Crippen LogP contribution in [-0.2, 0) is 0 Å². The van der Waals surface area contributed by atoms with Crippen molar-refractivity contribution in [3.8, 4) is 0 Å². The van der Waals surface area contributed by atoms with Gasteiger partial charge in [0, 0.05) is 11.2 Å². The number of aliphatic hydroxyl groups is 1. The van der Waals surface area contributed by atoms with E-state index in [1.54, 1.807) is 6.20 Å². The van der Waals surface area contributed by atoms with Crippen molar-refractivity contribution < 1.29 is 5.11 Å². The average Bonchev–Trinajstić information content (AvgIpc) is 2.61. The molecule has 0 fully saturated rings. The van der Waals surface area contributed by atoms with Crippen LogP contribution >= 0.6 is 11.6 Å². The summed E-state index contributed by atoms with van der Waals surface area (Å²) in [6.45, 7) is 0. The number of hydrogen-bond donors (Lipinski definition) is 1. The lowest BCUT2D eigenvalue weighted by molar-refractivity contribution is 0.217. The average molecular weight is 320 g/mol. The molecule has 1 atom stereocenters. The van der Waals surface area contributed by atoms with Crippen LogP contribution in [0.15, 0.2) is 72.9 Å². The van der Waals surface area contributed by atoms with Crippen LogP contribution in [0.3, 0.4) is 0 Å². The highest BCUT2D eigenvalue weighted by atomic mass is 35.5. The Hall–Kier alpha value is -2.42. The third-order valence-electron chi connectivity index (χ3n) is 4.12. The minimum absolute atomic E-state index is 0.629. The minimum Gasteiger partial charge on any atom is -0.382 e. The third kappa shape index (κ3) is 2.46. The number of aromatic nitrogens is 1. The van der Waals surface area contributed by atoms with Gasteiger partial charge in [0.25, 0.3) is 0 Å². The summed E-state index contributed by atoms with van der Waals surface area (Å²) in [6, 6.07) is 21.5. The largest absolute Gasteiger partial charge is 0.382 e. The number of halogens is 1. The summed E-state index contributed by atoms with van der Waals surface area (Å²) in [5.41, 5.74) is 1.45. The van der Waals surface area contributed by atoms with Crippen LogP contribution in [0.1, 0.15) is 17.4 Å². The van der Waals surface area contributed by atoms with Gasteiger partial charge < -0.3 is 5.11 Å². The lowest BCUT2D eigenvalue weighted by Gasteiger charge is -2.16. The first kappa shape index (κ1) is 14.2. The van der Waals surface area contributed by atoms with E-state index in [0.717, 1.165) is 27.1 Å². The van der Waals surface area contributed by atoms with Gasteiger partial charge in [-0.3, -0.25) is 4.98 Å². The van der Waals surface area contributed by atoms with Gasteiger partial charge in [-0.25, -0.2) is 0 Å². The van der Waals surface area contributed by atoms with Crippen molar-refractivity contribution >= 4 is 33.1 Å². The summed E-state index contributed by atoms with van der Waals surface area (Å²) in [5.74, 6) is 0. The maximum absolute atomic E-state index is 10.8. The predicted octanol–water partition coefficient (Wildman–Crippen LogP) is 5.12. The Morgan fingerprint density at radius 2 is 1.65 bits per heavy atom. The van der Waals surface area contributed by atoms with Crippen LogP contribution in [0.2, 0.25) is 5.02 Å². The maximum atomic E-state index is 10.8. The molecule has 0 bridgehead atoms. The molecule has 23 heavy (non-hydrogen) atoms. The number of benzene rings is 3. The molecule has 3 aromatic carbocycles. The molecule has 4 aromatic rings. The molecule has 3 heteroatoms. The molecule has 1 aromatic heterocycles. The van der Waals surface area contributed by atoms with Crippen molar-refractivity contribution in [3.05, 3.63) is 89.2 Å². The molecular formula is C20H14ClNO. The van der Waals surface area contributed by atoms with Crippen molar-refractivity contribution in [1.29, 1.82) is 0 Å². The zero-order valence-electron chi connectivity index (χ0n) is 12.3. The Morgan fingerprint density at radius 3 is 2.48 bits per heavy atom. The number of aliphatic hydroxyl groups excluding tert-OH is 1. The first-order valence-electron chi connectivity index (χ1n) is 7.44. The molecule has 0 saturated heterocycles. The fourth-order valence-corrected chi connectivity index (χ4v) is 3.20. The highest BCUT2D eigenvalue weighted by Gasteiger charge is 2.16. The fourth-order valence-electron chi connectivity index (χ4n) is 3.03. The Morgan fingerprint density at radius 1 is 0.826 bits per heavy atom. The first-order valence-corrected chi connectivity index (χ1v) is 7.82. The highest BCUT2D eigenvalue weighted by molar-refractivity contribution is 6.31. The van der Waals surface area contributed by atoms with E-state index >= 15 is 0 Å². The number of nitrogens with zero attached hydrogens (tertiary/aromatic N) is 1. The van der Waals surface area contributed by atoms with Gasteiger partial charge in [-0.1, -0.05) is 48.0 Å². The van der Waals surface area contributed by atoms with Crippen molar-refractivity contribution in [2.75, 3.05) is 0 Å². The van der Waals surface area contributed by atoms with Gasteiger partial charge >= 0.3 is 0 Å². The van der Waals surface area contributed by atoms with Crippen molar-refractivity contribution in [2.45, 2.75) is 6.10 Å². The molecule has 0 saturated carbocycles. The van der Waals surface area contributed by atoms with Crippen LogP contribution in [-0.4, -0.2) is 10.1 Å². The van der Waals surface area contributed by atoms with Crippen molar-refractivity contribution in [3.63, 3.8) is 0 Å². The quantitative estimate of drug-likeness (QED) is 0.520. The fraction of sp³-hybridized carbons (Fsp3) is 0.0500. The van der Waals surface area contributed by atoms with Crippen molar-refractivity contribution in [1.82, 2.24) is 4.98 Å². The van der Waals surface area contributed by atoms with Crippen LogP contribution in [0.25, 0.3) is 21.5 Å². The van der Waals surface area contributed by atoms with E-state index in [-0.39, 0.29) is 0 Å². The van der Waals surface area contributed by atoms with Gasteiger partial charge in [-0.05, 0) is 57.4 Å². The molecule has 0 aliphatic carbocycles. The van der Waals surface area contributed by atoms with Gasteiger partial charge in [0.1, 0.15) is 6.10 Å². The highest BCUT2D eigenvalue weighted by Crippen LogP contribution is 2.35. The Balaban J connectivity index is 2.06. The Labute approximate surface area is 139 Å². The lowest BCUT2D eigenvalue weighted by atomic mass is 9.93. The van der Waals surface area contributed by atoms with Crippen LogP contribution in [0.4, 0.5) is 0 Å². The van der Waals surface area contributed by atoms with E-state index in [9.17, 15) is 5.11 Å². The van der Waals surface area contributed by atoms with E-state index in [1.165, 1.54) is 0 Å². The normalized spacial score (nSPS) is 12.6. The molecule has 0 aliphatic rings. The van der Waals surface area contributed by atoms with Crippen LogP contribution in [0.5, 0.6) is 0 Å². The SMILES string of the molecule is OC(c1ccccn1)c1cc2ccccc2c2ccc(Cl)cc12. The summed E-state index contributed by atoms with van der Waals surface area (Å²) in [5, 5.41) is 15.8. The van der Waals surface area contributed by atoms with E-state index < -0.39 is 6.10 Å². The first-order chi connectivity index (χ1) is 11.2. The summed E-state index contributed by atoms with van der Waals surface area (Å²) in [4.78, 5) is 4.28. The van der Waals surface area contributed by atoms with Crippen molar-refractivity contribution in [2.24, 2.45) is 0 Å². The topological polar surface area (TPSA) is 33.1 Å². The second kappa shape index (κ2) is 5.65. The monoisotopic (exact) mass is 319 g/mol. The smallest absolute Gasteiger partial charge is 0.122 e. The molecular weight excluding hydrogens is 306 g/mol. The van der Waals surface area contributed by atoms with Gasteiger partial charge in [0.2, 0.25) is 0 Å². The molecule has 0 radical (unpaired) electrons. The van der Waals surface area contributed by atoms with E-state index in [0.29, 0.717) is 10.7 Å². The Bertz CT molecular complexity index is 998. The van der Waals surface area contributed by atoms with Gasteiger partial charge in [-0.15, -0.1) is 0 Å². The summed E-state index contributed by atoms with van der Waals surface area (Å²) in [6.07, 6.45) is 0.899. The predicted molar refractivity (Wildman–Crippen MR) is 94.8 cm³/mol. The van der Waals surface area contributed by atoms with Gasteiger partial charge in [0.15, 0.2) is 0 Å². The van der Waals surface area contributed by atoms with Gasteiger partial charge in [-0.2, -0.15) is 0 Å². The Kier molecular flexibility index (Phi) is 3.49. The summed E-state index contributed by atoms with van der Waals surface area (Å²) in [7, 11) is 0. The molecule has 1 N–H and O–H groups in total. The third-order valence-corrected chi connectivity index (χ3v) is 4.35. The number of pyridine rings is 1. The summed E-state index contributed by atoms with van der Waals surface area (Å²) >= 11 is 6.20. The lowest BCUT2D eigenvalue weighted by Crippen LogP contribution is -2.03. The molecule has 4 rings (SSSR count). The molecule has 1 heterocycles. The van der Waals surface area contributed by atoms with Gasteiger partial charge in [0.05, 0.1) is 5.69 Å². The number of hydrogen-bond acceptors (Lipinski definition) is 2. The molecule has 1 unspecified atom stereocenters. The molecule has 0 aliphatic heterocycles. The van der Waals surface area contributed by atoms with E-state index in [2.05, 4.69) is 17.1 Å². The second-order valence-corrected chi connectivity index (χ2v) is 5.97.